The van der Waals surface area contributed by atoms with Crippen LogP contribution in [0.25, 0.3) is 12.2 Å². The monoisotopic (exact) mass is 594 g/mol. The van der Waals surface area contributed by atoms with Crippen molar-refractivity contribution in [1.29, 1.82) is 0 Å². The Hall–Kier alpha value is -5.06. The first-order valence-electron chi connectivity index (χ1n) is 12.6. The highest BCUT2D eigenvalue weighted by atomic mass is 32.2. The number of hydrogen-bond donors (Lipinski definition) is 2. The molecule has 2 aliphatic heterocycles. The lowest BCUT2D eigenvalue weighted by Crippen LogP contribution is -2.17. The van der Waals surface area contributed by atoms with Gasteiger partial charge in [0.15, 0.2) is 0 Å². The van der Waals surface area contributed by atoms with Crippen LogP contribution in [0.2, 0.25) is 0 Å². The number of ether oxygens (including phenoxy) is 2. The molecule has 0 aromatic heterocycles. The van der Waals surface area contributed by atoms with Gasteiger partial charge in [0.1, 0.15) is 23.0 Å². The molecule has 2 N–H and O–H groups in total. The number of para-hydroxylation sites is 2. The molecule has 2 heterocycles. The van der Waals surface area contributed by atoms with Crippen molar-refractivity contribution in [1.82, 2.24) is 10.6 Å². The molecule has 208 valence electrons. The SMILES string of the molecule is O=C1NC(=O)C(=Cc2ccc(Oc3ccccc3)cc2)S1.O=C1NC(=O)C(=Cc2ccc(Oc3ccccc3)cc2)S1. The van der Waals surface area contributed by atoms with Crippen LogP contribution in [-0.4, -0.2) is 22.3 Å². The Balaban J connectivity index is 0.000000168. The highest BCUT2D eigenvalue weighted by Gasteiger charge is 2.25. The first-order valence-corrected chi connectivity index (χ1v) is 14.2. The Labute approximate surface area is 249 Å². The quantitative estimate of drug-likeness (QED) is 0.220. The van der Waals surface area contributed by atoms with Crippen molar-refractivity contribution in [2.75, 3.05) is 0 Å². The van der Waals surface area contributed by atoms with E-state index in [9.17, 15) is 19.2 Å². The lowest BCUT2D eigenvalue weighted by Gasteiger charge is -2.05. The summed E-state index contributed by atoms with van der Waals surface area (Å²) < 4.78 is 11.4. The molecule has 0 atom stereocenters. The second kappa shape index (κ2) is 13.5. The first kappa shape index (κ1) is 28.5. The number of imide groups is 2. The van der Waals surface area contributed by atoms with Gasteiger partial charge in [0.2, 0.25) is 0 Å². The van der Waals surface area contributed by atoms with Crippen molar-refractivity contribution < 1.29 is 28.7 Å². The van der Waals surface area contributed by atoms with E-state index in [4.69, 9.17) is 9.47 Å². The molecular formula is C32H22N2O6S2. The summed E-state index contributed by atoms with van der Waals surface area (Å²) in [6.45, 7) is 0. The highest BCUT2D eigenvalue weighted by Crippen LogP contribution is 2.28. The molecule has 42 heavy (non-hydrogen) atoms. The molecular weight excluding hydrogens is 572 g/mol. The van der Waals surface area contributed by atoms with Crippen molar-refractivity contribution in [2.24, 2.45) is 0 Å². The van der Waals surface area contributed by atoms with E-state index >= 15 is 0 Å². The number of carbonyl (C=O) groups excluding carboxylic acids is 4. The molecule has 0 unspecified atom stereocenters. The molecule has 0 saturated carbocycles. The topological polar surface area (TPSA) is 111 Å². The number of benzene rings is 4. The number of amides is 4. The Morgan fingerprint density at radius 1 is 0.452 bits per heavy atom. The third-order valence-corrected chi connectivity index (χ3v) is 7.22. The minimum Gasteiger partial charge on any atom is -0.457 e. The molecule has 10 heteroatoms. The number of thioether (sulfide) groups is 2. The molecule has 2 aliphatic rings. The van der Waals surface area contributed by atoms with Crippen LogP contribution in [-0.2, 0) is 9.59 Å². The highest BCUT2D eigenvalue weighted by molar-refractivity contribution is 8.18. The molecule has 0 spiro atoms. The fourth-order valence-corrected chi connectivity index (χ4v) is 5.02. The molecule has 0 radical (unpaired) electrons. The van der Waals surface area contributed by atoms with Gasteiger partial charge < -0.3 is 9.47 Å². The zero-order valence-corrected chi connectivity index (χ0v) is 23.4. The van der Waals surface area contributed by atoms with Crippen molar-refractivity contribution in [3.63, 3.8) is 0 Å². The maximum Gasteiger partial charge on any atom is 0.290 e. The van der Waals surface area contributed by atoms with Crippen LogP contribution in [0.5, 0.6) is 23.0 Å². The van der Waals surface area contributed by atoms with Gasteiger partial charge in [-0.05, 0) is 95.3 Å². The summed E-state index contributed by atoms with van der Waals surface area (Å²) in [7, 11) is 0. The summed E-state index contributed by atoms with van der Waals surface area (Å²) in [6, 6.07) is 33.6. The average Bonchev–Trinajstić information content (AvgIpc) is 3.49. The van der Waals surface area contributed by atoms with E-state index in [0.717, 1.165) is 46.1 Å². The molecule has 4 amide bonds. The summed E-state index contributed by atoms with van der Waals surface area (Å²) in [5, 5.41) is 3.77. The average molecular weight is 595 g/mol. The maximum absolute atomic E-state index is 11.5. The van der Waals surface area contributed by atoms with E-state index in [1.807, 2.05) is 109 Å². The molecule has 8 nitrogen and oxygen atoms in total. The minimum atomic E-state index is -0.352. The number of hydrogen-bond acceptors (Lipinski definition) is 8. The van der Waals surface area contributed by atoms with Gasteiger partial charge in [-0.25, -0.2) is 0 Å². The molecule has 4 aromatic carbocycles. The Bertz CT molecular complexity index is 1540. The van der Waals surface area contributed by atoms with E-state index in [0.29, 0.717) is 21.3 Å². The van der Waals surface area contributed by atoms with Crippen molar-refractivity contribution >= 4 is 58.0 Å². The van der Waals surface area contributed by atoms with Crippen LogP contribution in [0.1, 0.15) is 11.1 Å². The van der Waals surface area contributed by atoms with Gasteiger partial charge >= 0.3 is 0 Å². The lowest BCUT2D eigenvalue weighted by atomic mass is 10.2. The molecule has 4 aromatic rings. The second-order valence-corrected chi connectivity index (χ2v) is 10.7. The maximum atomic E-state index is 11.5. The van der Waals surface area contributed by atoms with Crippen molar-refractivity contribution in [3.8, 4) is 23.0 Å². The van der Waals surface area contributed by atoms with Crippen LogP contribution in [0, 0.1) is 0 Å². The number of rotatable bonds is 6. The zero-order chi connectivity index (χ0) is 29.3. The summed E-state index contributed by atoms with van der Waals surface area (Å²) in [6.07, 6.45) is 3.36. The predicted octanol–water partition coefficient (Wildman–Crippen LogP) is 7.61. The van der Waals surface area contributed by atoms with Crippen molar-refractivity contribution in [3.05, 3.63) is 130 Å². The van der Waals surface area contributed by atoms with Gasteiger partial charge in [-0.1, -0.05) is 60.7 Å². The largest absolute Gasteiger partial charge is 0.457 e. The Morgan fingerprint density at radius 2 is 0.786 bits per heavy atom. The van der Waals surface area contributed by atoms with Gasteiger partial charge in [0.05, 0.1) is 9.81 Å². The van der Waals surface area contributed by atoms with Crippen LogP contribution >= 0.6 is 23.5 Å². The summed E-state index contributed by atoms with van der Waals surface area (Å²) in [5.74, 6) is 2.25. The van der Waals surface area contributed by atoms with E-state index in [-0.39, 0.29) is 22.3 Å². The summed E-state index contributed by atoms with van der Waals surface area (Å²) in [4.78, 5) is 45.9. The standard InChI is InChI=1S/2C16H11NO3S/c2*18-15-14(21-16(19)17-15)10-11-6-8-13(9-7-11)20-12-4-2-1-3-5-12/h2*1-10H,(H,17,18,19). The molecule has 6 rings (SSSR count). The summed E-state index contributed by atoms with van der Waals surface area (Å²) >= 11 is 1.81. The predicted molar refractivity (Wildman–Crippen MR) is 164 cm³/mol. The Morgan fingerprint density at radius 3 is 1.10 bits per heavy atom. The fourth-order valence-electron chi connectivity index (χ4n) is 3.66. The second-order valence-electron chi connectivity index (χ2n) is 8.67. The smallest absolute Gasteiger partial charge is 0.290 e. The van der Waals surface area contributed by atoms with Crippen LogP contribution in [0.4, 0.5) is 9.59 Å². The van der Waals surface area contributed by atoms with Gasteiger partial charge in [-0.15, -0.1) is 0 Å². The van der Waals surface area contributed by atoms with E-state index in [1.54, 1.807) is 12.2 Å². The van der Waals surface area contributed by atoms with E-state index in [1.165, 1.54) is 0 Å². The molecule has 2 fully saturated rings. The lowest BCUT2D eigenvalue weighted by molar-refractivity contribution is -0.116. The molecule has 0 bridgehead atoms. The zero-order valence-electron chi connectivity index (χ0n) is 21.8. The normalized spacial score (nSPS) is 16.1. The van der Waals surface area contributed by atoms with E-state index < -0.39 is 0 Å². The van der Waals surface area contributed by atoms with Crippen LogP contribution in [0.3, 0.4) is 0 Å². The Kier molecular flexibility index (Phi) is 9.17. The number of nitrogens with one attached hydrogen (secondary N) is 2. The minimum absolute atomic E-state index is 0.338. The third-order valence-electron chi connectivity index (χ3n) is 5.60. The third kappa shape index (κ3) is 8.00. The van der Waals surface area contributed by atoms with Crippen molar-refractivity contribution in [2.45, 2.75) is 0 Å². The van der Waals surface area contributed by atoms with Gasteiger partial charge in [0, 0.05) is 0 Å². The summed E-state index contributed by atoms with van der Waals surface area (Å²) in [5.41, 5.74) is 1.67. The van der Waals surface area contributed by atoms with E-state index in [2.05, 4.69) is 10.6 Å². The first-order chi connectivity index (χ1) is 20.4. The van der Waals surface area contributed by atoms with Gasteiger partial charge in [-0.3, -0.25) is 29.8 Å². The van der Waals surface area contributed by atoms with Crippen LogP contribution in [0.15, 0.2) is 119 Å². The fraction of sp³-hybridized carbons (Fsp3) is 0. The van der Waals surface area contributed by atoms with Gasteiger partial charge in [0.25, 0.3) is 22.3 Å². The van der Waals surface area contributed by atoms with Gasteiger partial charge in [-0.2, -0.15) is 0 Å². The number of carbonyl (C=O) groups is 4. The van der Waals surface area contributed by atoms with Crippen LogP contribution < -0.4 is 20.1 Å². The molecule has 2 saturated heterocycles. The molecule has 0 aliphatic carbocycles.